The summed E-state index contributed by atoms with van der Waals surface area (Å²) in [5.41, 5.74) is 2.18. The van der Waals surface area contributed by atoms with Crippen molar-refractivity contribution < 1.29 is 4.52 Å². The summed E-state index contributed by atoms with van der Waals surface area (Å²) >= 11 is 0. The van der Waals surface area contributed by atoms with E-state index in [0.29, 0.717) is 5.89 Å². The second-order valence-corrected chi connectivity index (χ2v) is 4.49. The van der Waals surface area contributed by atoms with Crippen LogP contribution in [0.1, 0.15) is 37.1 Å². The van der Waals surface area contributed by atoms with Crippen molar-refractivity contribution in [2.24, 2.45) is 0 Å². The van der Waals surface area contributed by atoms with E-state index in [-0.39, 0.29) is 0 Å². The van der Waals surface area contributed by atoms with E-state index in [4.69, 9.17) is 4.52 Å². The lowest BCUT2D eigenvalue weighted by Crippen LogP contribution is -1.89. The Morgan fingerprint density at radius 2 is 2.00 bits per heavy atom. The first-order valence-corrected chi connectivity index (χ1v) is 6.49. The minimum absolute atomic E-state index is 0.625. The Hall–Kier alpha value is -1.64. The molecule has 0 saturated carbocycles. The standard InChI is InChI=1S/C15H19N2O/c1-3-4-5-6-11-14-16-15(18-17-14)13-10-8-7-9-12(13)2/h7-10H,1,3-6,11H2,2H3. The monoisotopic (exact) mass is 243 g/mol. The van der Waals surface area contributed by atoms with Gasteiger partial charge in [-0.25, -0.2) is 0 Å². The summed E-state index contributed by atoms with van der Waals surface area (Å²) in [5, 5.41) is 4.03. The fraction of sp³-hybridized carbons (Fsp3) is 0.400. The number of hydrogen-bond donors (Lipinski definition) is 0. The maximum atomic E-state index is 5.32. The van der Waals surface area contributed by atoms with Gasteiger partial charge in [-0.2, -0.15) is 4.98 Å². The van der Waals surface area contributed by atoms with E-state index in [2.05, 4.69) is 17.1 Å². The highest BCUT2D eigenvalue weighted by atomic mass is 16.5. The van der Waals surface area contributed by atoms with E-state index in [1.165, 1.54) is 12.8 Å². The van der Waals surface area contributed by atoms with Crippen LogP contribution in [0.4, 0.5) is 0 Å². The molecular formula is C15H19N2O. The summed E-state index contributed by atoms with van der Waals surface area (Å²) in [5.74, 6) is 1.43. The summed E-state index contributed by atoms with van der Waals surface area (Å²) < 4.78 is 5.32. The van der Waals surface area contributed by atoms with Crippen molar-refractivity contribution in [2.45, 2.75) is 39.0 Å². The number of unbranched alkanes of at least 4 members (excludes halogenated alkanes) is 3. The fourth-order valence-electron chi connectivity index (χ4n) is 1.91. The van der Waals surface area contributed by atoms with Crippen molar-refractivity contribution in [1.82, 2.24) is 10.1 Å². The third kappa shape index (κ3) is 3.19. The van der Waals surface area contributed by atoms with E-state index >= 15 is 0 Å². The average Bonchev–Trinajstić information content (AvgIpc) is 2.84. The molecule has 1 heterocycles. The Balaban J connectivity index is 2.00. The summed E-state index contributed by atoms with van der Waals surface area (Å²) in [6, 6.07) is 8.05. The second-order valence-electron chi connectivity index (χ2n) is 4.49. The molecule has 0 bridgehead atoms. The van der Waals surface area contributed by atoms with Crippen LogP contribution < -0.4 is 0 Å². The molecule has 0 aliphatic heterocycles. The first kappa shape index (κ1) is 12.8. The normalized spacial score (nSPS) is 10.8. The molecule has 3 heteroatoms. The first-order chi connectivity index (χ1) is 8.81. The molecule has 0 aliphatic rings. The third-order valence-corrected chi connectivity index (χ3v) is 2.99. The average molecular weight is 243 g/mol. The zero-order chi connectivity index (χ0) is 12.8. The van der Waals surface area contributed by atoms with Crippen LogP contribution in [0.2, 0.25) is 0 Å². The van der Waals surface area contributed by atoms with Crippen LogP contribution >= 0.6 is 0 Å². The number of aryl methyl sites for hydroxylation is 2. The van der Waals surface area contributed by atoms with Gasteiger partial charge in [0.1, 0.15) is 0 Å². The Bertz CT molecular complexity index is 491. The predicted molar refractivity (Wildman–Crippen MR) is 72.0 cm³/mol. The van der Waals surface area contributed by atoms with E-state index < -0.39 is 0 Å². The quantitative estimate of drug-likeness (QED) is 0.720. The lowest BCUT2D eigenvalue weighted by Gasteiger charge is -1.97. The molecule has 0 spiro atoms. The van der Waals surface area contributed by atoms with Crippen molar-refractivity contribution in [3.63, 3.8) is 0 Å². The minimum Gasteiger partial charge on any atom is -0.334 e. The molecule has 0 fully saturated rings. The number of nitrogens with zero attached hydrogens (tertiary/aromatic N) is 2. The Labute approximate surface area is 108 Å². The molecule has 0 N–H and O–H groups in total. The van der Waals surface area contributed by atoms with Gasteiger partial charge in [0.05, 0.1) is 0 Å². The van der Waals surface area contributed by atoms with E-state index in [1.807, 2.05) is 31.2 Å². The van der Waals surface area contributed by atoms with Crippen molar-refractivity contribution >= 4 is 0 Å². The van der Waals surface area contributed by atoms with Crippen molar-refractivity contribution in [3.05, 3.63) is 42.6 Å². The summed E-state index contributed by atoms with van der Waals surface area (Å²) in [6.45, 7) is 5.88. The van der Waals surface area contributed by atoms with Gasteiger partial charge in [0, 0.05) is 12.0 Å². The van der Waals surface area contributed by atoms with Crippen molar-refractivity contribution in [3.8, 4) is 11.5 Å². The lowest BCUT2D eigenvalue weighted by molar-refractivity contribution is 0.421. The van der Waals surface area contributed by atoms with E-state index in [0.717, 1.165) is 36.2 Å². The Morgan fingerprint density at radius 3 is 2.78 bits per heavy atom. The highest BCUT2D eigenvalue weighted by Gasteiger charge is 2.10. The second kappa shape index (κ2) is 6.34. The molecular weight excluding hydrogens is 224 g/mol. The highest BCUT2D eigenvalue weighted by Crippen LogP contribution is 2.21. The van der Waals surface area contributed by atoms with E-state index in [1.54, 1.807) is 0 Å². The zero-order valence-electron chi connectivity index (χ0n) is 10.9. The number of hydrogen-bond acceptors (Lipinski definition) is 3. The molecule has 1 aromatic heterocycles. The number of rotatable bonds is 6. The molecule has 0 amide bonds. The molecule has 0 saturated heterocycles. The first-order valence-electron chi connectivity index (χ1n) is 6.49. The van der Waals surface area contributed by atoms with Gasteiger partial charge in [-0.15, -0.1) is 0 Å². The molecule has 2 aromatic rings. The topological polar surface area (TPSA) is 38.9 Å². The minimum atomic E-state index is 0.625. The molecule has 3 nitrogen and oxygen atoms in total. The predicted octanol–water partition coefficient (Wildman–Crippen LogP) is 3.98. The van der Waals surface area contributed by atoms with Crippen molar-refractivity contribution in [1.29, 1.82) is 0 Å². The maximum absolute atomic E-state index is 5.32. The Kier molecular flexibility index (Phi) is 4.51. The van der Waals surface area contributed by atoms with Crippen LogP contribution in [0.15, 0.2) is 28.8 Å². The van der Waals surface area contributed by atoms with Crippen LogP contribution in [0.25, 0.3) is 11.5 Å². The zero-order valence-corrected chi connectivity index (χ0v) is 10.9. The molecule has 0 atom stereocenters. The van der Waals surface area contributed by atoms with Crippen LogP contribution in [0.3, 0.4) is 0 Å². The Morgan fingerprint density at radius 1 is 1.17 bits per heavy atom. The molecule has 95 valence electrons. The molecule has 18 heavy (non-hydrogen) atoms. The number of aromatic nitrogens is 2. The van der Waals surface area contributed by atoms with Crippen molar-refractivity contribution in [2.75, 3.05) is 0 Å². The highest BCUT2D eigenvalue weighted by molar-refractivity contribution is 5.57. The van der Waals surface area contributed by atoms with Crippen LogP contribution in [0, 0.1) is 13.8 Å². The van der Waals surface area contributed by atoms with Gasteiger partial charge in [0.15, 0.2) is 5.82 Å². The van der Waals surface area contributed by atoms with Gasteiger partial charge < -0.3 is 4.52 Å². The maximum Gasteiger partial charge on any atom is 0.258 e. The third-order valence-electron chi connectivity index (χ3n) is 2.99. The number of benzene rings is 1. The molecule has 1 aromatic carbocycles. The molecule has 0 unspecified atom stereocenters. The lowest BCUT2D eigenvalue weighted by atomic mass is 10.1. The van der Waals surface area contributed by atoms with Crippen LogP contribution in [-0.2, 0) is 6.42 Å². The largest absolute Gasteiger partial charge is 0.334 e. The summed E-state index contributed by atoms with van der Waals surface area (Å²) in [4.78, 5) is 4.45. The van der Waals surface area contributed by atoms with Crippen LogP contribution in [-0.4, -0.2) is 10.1 Å². The summed E-state index contributed by atoms with van der Waals surface area (Å²) in [6.07, 6.45) is 5.33. The van der Waals surface area contributed by atoms with Gasteiger partial charge in [0.25, 0.3) is 5.89 Å². The van der Waals surface area contributed by atoms with Gasteiger partial charge in [-0.05, 0) is 25.0 Å². The molecule has 0 aliphatic carbocycles. The molecule has 2 rings (SSSR count). The molecule has 1 radical (unpaired) electrons. The van der Waals surface area contributed by atoms with E-state index in [9.17, 15) is 0 Å². The van der Waals surface area contributed by atoms with Gasteiger partial charge in [-0.1, -0.05) is 49.5 Å². The fourth-order valence-corrected chi connectivity index (χ4v) is 1.91. The van der Waals surface area contributed by atoms with Gasteiger partial charge in [0.2, 0.25) is 0 Å². The van der Waals surface area contributed by atoms with Crippen LogP contribution in [0.5, 0.6) is 0 Å². The SMILES string of the molecule is [CH2]CCCCCc1noc(-c2ccccc2C)n1. The van der Waals surface area contributed by atoms with Gasteiger partial charge >= 0.3 is 0 Å². The smallest absolute Gasteiger partial charge is 0.258 e. The summed E-state index contributed by atoms with van der Waals surface area (Å²) in [7, 11) is 0. The van der Waals surface area contributed by atoms with Gasteiger partial charge in [-0.3, -0.25) is 0 Å².